The van der Waals surface area contributed by atoms with Gasteiger partial charge in [0.1, 0.15) is 11.5 Å². The molecule has 0 spiro atoms. The molecule has 1 aromatic carbocycles. The summed E-state index contributed by atoms with van der Waals surface area (Å²) in [6, 6.07) is 4.61. The number of benzene rings is 1. The maximum atomic E-state index is 12.6. The van der Waals surface area contributed by atoms with Crippen LogP contribution in [0, 0.1) is 5.92 Å². The van der Waals surface area contributed by atoms with E-state index in [0.717, 1.165) is 12.8 Å². The van der Waals surface area contributed by atoms with E-state index in [4.69, 9.17) is 16.1 Å². The van der Waals surface area contributed by atoms with E-state index in [1.807, 2.05) is 0 Å². The van der Waals surface area contributed by atoms with Gasteiger partial charge in [-0.05, 0) is 37.3 Å². The number of Topliss-reactive ketones (excluding diaryl/α,β-unsaturated/α-hetero) is 1. The topological polar surface area (TPSA) is 136 Å². The van der Waals surface area contributed by atoms with Gasteiger partial charge in [0.2, 0.25) is 0 Å². The highest BCUT2D eigenvalue weighted by atomic mass is 16.5. The summed E-state index contributed by atoms with van der Waals surface area (Å²) >= 11 is 0. The van der Waals surface area contributed by atoms with Gasteiger partial charge in [-0.2, -0.15) is 0 Å². The van der Waals surface area contributed by atoms with Crippen LogP contribution in [0.15, 0.2) is 18.2 Å². The third kappa shape index (κ3) is 3.71. The molecule has 0 saturated heterocycles. The molecule has 0 aromatic heterocycles. The van der Waals surface area contributed by atoms with Crippen LogP contribution < -0.4 is 16.1 Å². The number of carboxylic acids is 1. The fraction of sp³-hybridized carbons (Fsp3) is 0.529. The SMILES string of the molecule is N[C@@H]1CCC(C(=O)C[C@H]2Cc3cccc(C(=O)O)c3OB2O)C[C@H]1N. The van der Waals surface area contributed by atoms with Gasteiger partial charge in [0.15, 0.2) is 0 Å². The molecule has 2 aliphatic rings. The lowest BCUT2D eigenvalue weighted by atomic mass is 9.63. The average Bonchev–Trinajstić information content (AvgIpc) is 2.57. The summed E-state index contributed by atoms with van der Waals surface area (Å²) in [7, 11) is -1.20. The minimum Gasteiger partial charge on any atom is -0.535 e. The zero-order valence-corrected chi connectivity index (χ0v) is 13.9. The van der Waals surface area contributed by atoms with Gasteiger partial charge in [-0.15, -0.1) is 0 Å². The zero-order chi connectivity index (χ0) is 18.1. The number of fused-ring (bicyclic) bond motifs is 1. The van der Waals surface area contributed by atoms with Gasteiger partial charge < -0.3 is 26.3 Å². The van der Waals surface area contributed by atoms with Gasteiger partial charge in [0.25, 0.3) is 0 Å². The molecule has 7 nitrogen and oxygen atoms in total. The number of carbonyl (C=O) groups is 2. The first-order chi connectivity index (χ1) is 11.9. The van der Waals surface area contributed by atoms with Crippen molar-refractivity contribution in [3.63, 3.8) is 0 Å². The molecular formula is C17H23BN2O5. The Morgan fingerprint density at radius 3 is 2.68 bits per heavy atom. The smallest absolute Gasteiger partial charge is 0.526 e. The van der Waals surface area contributed by atoms with Crippen molar-refractivity contribution in [3.8, 4) is 5.75 Å². The molecule has 1 aromatic rings. The van der Waals surface area contributed by atoms with Crippen LogP contribution in [0.3, 0.4) is 0 Å². The van der Waals surface area contributed by atoms with E-state index >= 15 is 0 Å². The molecule has 134 valence electrons. The van der Waals surface area contributed by atoms with Gasteiger partial charge in [0, 0.05) is 30.2 Å². The normalized spacial score (nSPS) is 28.8. The lowest BCUT2D eigenvalue weighted by Crippen LogP contribution is -2.47. The van der Waals surface area contributed by atoms with E-state index in [1.54, 1.807) is 12.1 Å². The molecule has 0 radical (unpaired) electrons. The van der Waals surface area contributed by atoms with Gasteiger partial charge in [0.05, 0.1) is 5.56 Å². The van der Waals surface area contributed by atoms with Crippen molar-refractivity contribution >= 4 is 18.9 Å². The summed E-state index contributed by atoms with van der Waals surface area (Å²) in [5, 5.41) is 19.5. The van der Waals surface area contributed by atoms with E-state index in [2.05, 4.69) is 0 Å². The Balaban J connectivity index is 1.69. The summed E-state index contributed by atoms with van der Waals surface area (Å²) in [6.45, 7) is 0. The molecule has 4 atom stereocenters. The first-order valence-corrected chi connectivity index (χ1v) is 8.60. The lowest BCUT2D eigenvalue weighted by molar-refractivity contribution is -0.124. The number of hydrogen-bond donors (Lipinski definition) is 4. The number of rotatable bonds is 4. The summed E-state index contributed by atoms with van der Waals surface area (Å²) in [5.41, 5.74) is 12.6. The standard InChI is InChI=1S/C17H23BN2O5/c19-13-5-4-9(7-14(13)20)15(21)8-11-6-10-2-1-3-12(17(22)23)16(10)25-18(11)24/h1-3,9,11,13-14,24H,4-8,19-20H2,(H,22,23)/t9?,11-,13-,14-/m1/s1. The summed E-state index contributed by atoms with van der Waals surface area (Å²) in [5.74, 6) is -1.37. The van der Waals surface area contributed by atoms with Crippen molar-refractivity contribution in [1.29, 1.82) is 0 Å². The highest BCUT2D eigenvalue weighted by Crippen LogP contribution is 2.37. The van der Waals surface area contributed by atoms with Crippen molar-refractivity contribution in [1.82, 2.24) is 0 Å². The maximum absolute atomic E-state index is 12.6. The van der Waals surface area contributed by atoms with E-state index in [0.29, 0.717) is 18.4 Å². The molecule has 1 aliphatic carbocycles. The monoisotopic (exact) mass is 346 g/mol. The number of carbonyl (C=O) groups excluding carboxylic acids is 1. The molecule has 25 heavy (non-hydrogen) atoms. The first kappa shape index (κ1) is 17.9. The Kier molecular flexibility index (Phi) is 5.12. The Labute approximate surface area is 146 Å². The van der Waals surface area contributed by atoms with E-state index in [-0.39, 0.29) is 41.5 Å². The molecular weight excluding hydrogens is 323 g/mol. The summed E-state index contributed by atoms with van der Waals surface area (Å²) in [6.07, 6.45) is 2.61. The second-order valence-electron chi connectivity index (χ2n) is 7.08. The maximum Gasteiger partial charge on any atom is 0.526 e. The fourth-order valence-electron chi connectivity index (χ4n) is 3.77. The van der Waals surface area contributed by atoms with Crippen molar-refractivity contribution in [2.24, 2.45) is 17.4 Å². The minimum absolute atomic E-state index is 0.0218. The molecule has 1 heterocycles. The Bertz CT molecular complexity index is 683. The van der Waals surface area contributed by atoms with Gasteiger partial charge in [-0.1, -0.05) is 12.1 Å². The van der Waals surface area contributed by atoms with Gasteiger partial charge in [-0.3, -0.25) is 4.79 Å². The van der Waals surface area contributed by atoms with Crippen LogP contribution in [0.5, 0.6) is 5.75 Å². The third-order valence-corrected chi connectivity index (χ3v) is 5.32. The average molecular weight is 346 g/mol. The predicted molar refractivity (Wildman–Crippen MR) is 92.4 cm³/mol. The van der Waals surface area contributed by atoms with E-state index in [1.165, 1.54) is 6.07 Å². The van der Waals surface area contributed by atoms with Crippen LogP contribution in [0.4, 0.5) is 0 Å². The highest BCUT2D eigenvalue weighted by molar-refractivity contribution is 6.47. The Morgan fingerprint density at radius 1 is 1.24 bits per heavy atom. The van der Waals surface area contributed by atoms with Crippen molar-refractivity contribution < 1.29 is 24.4 Å². The van der Waals surface area contributed by atoms with Crippen LogP contribution in [0.2, 0.25) is 5.82 Å². The lowest BCUT2D eigenvalue weighted by Gasteiger charge is -2.32. The van der Waals surface area contributed by atoms with Crippen LogP contribution >= 0.6 is 0 Å². The van der Waals surface area contributed by atoms with E-state index < -0.39 is 18.9 Å². The van der Waals surface area contributed by atoms with Gasteiger partial charge >= 0.3 is 13.1 Å². The number of carboxylic acid groups (broad SMARTS) is 1. The fourth-order valence-corrected chi connectivity index (χ4v) is 3.77. The second kappa shape index (κ2) is 7.15. The number of hydrogen-bond acceptors (Lipinski definition) is 6. The Hall–Kier alpha value is -1.90. The molecule has 1 aliphatic heterocycles. The van der Waals surface area contributed by atoms with E-state index in [9.17, 15) is 19.7 Å². The third-order valence-electron chi connectivity index (χ3n) is 5.32. The van der Waals surface area contributed by atoms with Crippen molar-refractivity contribution in [2.45, 2.75) is 50.0 Å². The molecule has 0 amide bonds. The molecule has 3 rings (SSSR count). The number of nitrogens with two attached hydrogens (primary N) is 2. The van der Waals surface area contributed by atoms with Crippen LogP contribution in [-0.2, 0) is 11.2 Å². The van der Waals surface area contributed by atoms with Crippen LogP contribution in [0.25, 0.3) is 0 Å². The zero-order valence-electron chi connectivity index (χ0n) is 13.9. The number of ketones is 1. The first-order valence-electron chi connectivity index (χ1n) is 8.60. The number of aromatic carboxylic acids is 1. The summed E-state index contributed by atoms with van der Waals surface area (Å²) < 4.78 is 5.44. The largest absolute Gasteiger partial charge is 0.535 e. The minimum atomic E-state index is -1.20. The quantitative estimate of drug-likeness (QED) is 0.586. The predicted octanol–water partition coefficient (Wildman–Crippen LogP) is 0.584. The van der Waals surface area contributed by atoms with Gasteiger partial charge in [-0.25, -0.2) is 4.79 Å². The molecule has 1 fully saturated rings. The molecule has 1 unspecified atom stereocenters. The molecule has 0 bridgehead atoms. The van der Waals surface area contributed by atoms with Crippen molar-refractivity contribution in [3.05, 3.63) is 29.3 Å². The van der Waals surface area contributed by atoms with Crippen LogP contribution in [-0.4, -0.2) is 41.1 Å². The molecule has 6 N–H and O–H groups in total. The molecule has 8 heteroatoms. The Morgan fingerprint density at radius 2 is 2.00 bits per heavy atom. The summed E-state index contributed by atoms with van der Waals surface area (Å²) in [4.78, 5) is 23.9. The number of para-hydroxylation sites is 1. The van der Waals surface area contributed by atoms with Crippen LogP contribution in [0.1, 0.15) is 41.6 Å². The second-order valence-corrected chi connectivity index (χ2v) is 7.08. The van der Waals surface area contributed by atoms with Crippen molar-refractivity contribution in [2.75, 3.05) is 0 Å². The molecule has 1 saturated carbocycles. The highest BCUT2D eigenvalue weighted by Gasteiger charge is 2.39.